The average molecular weight is 421 g/mol. The van der Waals surface area contributed by atoms with Crippen molar-refractivity contribution < 1.29 is 23.5 Å². The van der Waals surface area contributed by atoms with Crippen LogP contribution in [0.3, 0.4) is 0 Å². The second-order valence-corrected chi connectivity index (χ2v) is 6.67. The summed E-state index contributed by atoms with van der Waals surface area (Å²) in [6.07, 6.45) is 1.53. The number of rotatable bonds is 8. The van der Waals surface area contributed by atoms with Crippen LogP contribution in [0.25, 0.3) is 16.5 Å². The molecule has 2 rings (SSSR count). The fraction of sp³-hybridized carbons (Fsp3) is 0.381. The summed E-state index contributed by atoms with van der Waals surface area (Å²) >= 11 is 5.63. The zero-order valence-corrected chi connectivity index (χ0v) is 18.0. The number of benzene rings is 1. The SMILES string of the molecule is CCN(CC)C(=O)/C=C(\C)c1ccc(OC)c2oc(C(C)=O)c(NC(=O)CCl)c12. The number of hydrogen-bond acceptors (Lipinski definition) is 5. The number of nitrogens with zero attached hydrogens (tertiary/aromatic N) is 1. The molecule has 0 bridgehead atoms. The van der Waals surface area contributed by atoms with E-state index in [1.165, 1.54) is 20.1 Å². The highest BCUT2D eigenvalue weighted by molar-refractivity contribution is 6.30. The van der Waals surface area contributed by atoms with E-state index in [2.05, 4.69) is 5.32 Å². The zero-order valence-electron chi connectivity index (χ0n) is 17.2. The van der Waals surface area contributed by atoms with E-state index in [-0.39, 0.29) is 29.0 Å². The minimum atomic E-state index is -0.480. The Kier molecular flexibility index (Phi) is 7.45. The van der Waals surface area contributed by atoms with Crippen molar-refractivity contribution in [2.75, 3.05) is 31.4 Å². The Bertz CT molecular complexity index is 973. The normalized spacial score (nSPS) is 11.4. The molecule has 1 heterocycles. The van der Waals surface area contributed by atoms with Gasteiger partial charge in [-0.1, -0.05) is 6.07 Å². The first-order valence-electron chi connectivity index (χ1n) is 9.26. The lowest BCUT2D eigenvalue weighted by atomic mass is 10.00. The van der Waals surface area contributed by atoms with E-state index < -0.39 is 5.91 Å². The van der Waals surface area contributed by atoms with Crippen molar-refractivity contribution in [3.63, 3.8) is 0 Å². The molecule has 0 spiro atoms. The number of amides is 2. The molecule has 0 aliphatic rings. The molecular weight excluding hydrogens is 396 g/mol. The molecule has 2 amide bonds. The molecule has 0 aliphatic heterocycles. The number of nitrogens with one attached hydrogen (secondary N) is 1. The van der Waals surface area contributed by atoms with Crippen molar-refractivity contribution in [1.82, 2.24) is 4.90 Å². The number of fused-ring (bicyclic) bond motifs is 1. The van der Waals surface area contributed by atoms with E-state index in [1.807, 2.05) is 13.8 Å². The van der Waals surface area contributed by atoms with Crippen molar-refractivity contribution in [1.29, 1.82) is 0 Å². The van der Waals surface area contributed by atoms with Crippen molar-refractivity contribution in [3.05, 3.63) is 29.5 Å². The van der Waals surface area contributed by atoms with Gasteiger partial charge in [-0.25, -0.2) is 0 Å². The first kappa shape index (κ1) is 22.5. The average Bonchev–Trinajstić information content (AvgIpc) is 3.07. The Morgan fingerprint density at radius 1 is 1.21 bits per heavy atom. The van der Waals surface area contributed by atoms with Crippen molar-refractivity contribution in [2.24, 2.45) is 0 Å². The highest BCUT2D eigenvalue weighted by Crippen LogP contribution is 2.41. The summed E-state index contributed by atoms with van der Waals surface area (Å²) in [5.41, 5.74) is 1.83. The van der Waals surface area contributed by atoms with Crippen LogP contribution in [-0.4, -0.2) is 48.6 Å². The maximum atomic E-state index is 12.5. The lowest BCUT2D eigenvalue weighted by Crippen LogP contribution is -2.28. The highest BCUT2D eigenvalue weighted by atomic mass is 35.5. The quantitative estimate of drug-likeness (QED) is 0.394. The Hall–Kier alpha value is -2.80. The number of methoxy groups -OCH3 is 1. The Balaban J connectivity index is 2.77. The summed E-state index contributed by atoms with van der Waals surface area (Å²) in [5.74, 6) is -0.851. The van der Waals surface area contributed by atoms with Gasteiger partial charge in [0.2, 0.25) is 11.8 Å². The van der Waals surface area contributed by atoms with E-state index in [9.17, 15) is 14.4 Å². The van der Waals surface area contributed by atoms with Gasteiger partial charge in [0, 0.05) is 26.1 Å². The zero-order chi connectivity index (χ0) is 21.7. The van der Waals surface area contributed by atoms with Gasteiger partial charge in [-0.3, -0.25) is 14.4 Å². The van der Waals surface area contributed by atoms with E-state index >= 15 is 0 Å². The summed E-state index contributed by atoms with van der Waals surface area (Å²) in [6.45, 7) is 8.13. The first-order valence-corrected chi connectivity index (χ1v) is 9.80. The smallest absolute Gasteiger partial charge is 0.246 e. The van der Waals surface area contributed by atoms with Crippen LogP contribution >= 0.6 is 11.6 Å². The molecule has 0 atom stereocenters. The molecule has 0 saturated heterocycles. The van der Waals surface area contributed by atoms with Crippen LogP contribution in [0.2, 0.25) is 0 Å². The van der Waals surface area contributed by atoms with E-state index in [0.717, 1.165) is 0 Å². The Morgan fingerprint density at radius 2 is 1.86 bits per heavy atom. The van der Waals surface area contributed by atoms with E-state index in [0.29, 0.717) is 40.9 Å². The predicted molar refractivity (Wildman–Crippen MR) is 114 cm³/mol. The molecule has 1 aromatic heterocycles. The second kappa shape index (κ2) is 9.60. The molecule has 1 aromatic carbocycles. The number of alkyl halides is 1. The first-order chi connectivity index (χ1) is 13.8. The van der Waals surface area contributed by atoms with Gasteiger partial charge in [-0.05, 0) is 38.0 Å². The van der Waals surface area contributed by atoms with Crippen LogP contribution in [0.4, 0.5) is 5.69 Å². The summed E-state index contributed by atoms with van der Waals surface area (Å²) < 4.78 is 11.1. The Morgan fingerprint density at radius 3 is 2.38 bits per heavy atom. The minimum absolute atomic E-state index is 0.00733. The number of likely N-dealkylation sites (N-methyl/N-ethyl adjacent to an activating group) is 1. The predicted octanol–water partition coefficient (Wildman–Crippen LogP) is 4.09. The van der Waals surface area contributed by atoms with Gasteiger partial charge in [0.05, 0.1) is 18.2 Å². The van der Waals surface area contributed by atoms with Crippen LogP contribution < -0.4 is 10.1 Å². The Labute approximate surface area is 174 Å². The van der Waals surface area contributed by atoms with Gasteiger partial charge >= 0.3 is 0 Å². The highest BCUT2D eigenvalue weighted by Gasteiger charge is 2.25. The molecule has 0 saturated carbocycles. The number of hydrogen-bond donors (Lipinski definition) is 1. The number of carbonyl (C=O) groups excluding carboxylic acids is 3. The lowest BCUT2D eigenvalue weighted by Gasteiger charge is -2.17. The maximum Gasteiger partial charge on any atom is 0.246 e. The maximum absolute atomic E-state index is 12.5. The third-order valence-electron chi connectivity index (χ3n) is 4.57. The van der Waals surface area contributed by atoms with Gasteiger partial charge in [-0.2, -0.15) is 0 Å². The molecule has 0 unspecified atom stereocenters. The van der Waals surface area contributed by atoms with Crippen LogP contribution in [0.5, 0.6) is 5.75 Å². The van der Waals surface area contributed by atoms with Crippen LogP contribution in [-0.2, 0) is 9.59 Å². The third kappa shape index (κ3) is 4.62. The fourth-order valence-corrected chi connectivity index (χ4v) is 3.17. The number of halogens is 1. The lowest BCUT2D eigenvalue weighted by molar-refractivity contribution is -0.125. The number of ketones is 1. The monoisotopic (exact) mass is 420 g/mol. The molecule has 0 radical (unpaired) electrons. The third-order valence-corrected chi connectivity index (χ3v) is 4.81. The number of allylic oxidation sites excluding steroid dienone is 1. The molecule has 0 aliphatic carbocycles. The van der Waals surface area contributed by atoms with Crippen molar-refractivity contribution in [2.45, 2.75) is 27.7 Å². The molecule has 0 fully saturated rings. The van der Waals surface area contributed by atoms with Crippen LogP contribution in [0.1, 0.15) is 43.8 Å². The number of ether oxygens (including phenoxy) is 1. The summed E-state index contributed by atoms with van der Waals surface area (Å²) in [4.78, 5) is 38.3. The van der Waals surface area contributed by atoms with Crippen LogP contribution in [0, 0.1) is 0 Å². The van der Waals surface area contributed by atoms with Gasteiger partial charge < -0.3 is 19.4 Å². The molecule has 8 heteroatoms. The number of carbonyl (C=O) groups is 3. The summed E-state index contributed by atoms with van der Waals surface area (Å²) in [6, 6.07) is 3.45. The van der Waals surface area contributed by atoms with Gasteiger partial charge in [-0.15, -0.1) is 11.6 Å². The van der Waals surface area contributed by atoms with Crippen molar-refractivity contribution in [3.8, 4) is 5.75 Å². The summed E-state index contributed by atoms with van der Waals surface area (Å²) in [7, 11) is 1.48. The largest absolute Gasteiger partial charge is 0.493 e. The number of furan rings is 1. The van der Waals surface area contributed by atoms with Gasteiger partial charge in [0.15, 0.2) is 22.9 Å². The number of anilines is 1. The molecule has 29 heavy (non-hydrogen) atoms. The van der Waals surface area contributed by atoms with Gasteiger partial charge in [0.1, 0.15) is 5.88 Å². The standard InChI is InChI=1S/C21H25ClN2O5/c1-6-24(7-2)17(27)10-12(3)14-8-9-15(28-5)21-18(14)19(23-16(26)11-22)20(29-21)13(4)25/h8-10H,6-7,11H2,1-5H3,(H,23,26)/b12-10+. The fourth-order valence-electron chi connectivity index (χ4n) is 3.10. The summed E-state index contributed by atoms with van der Waals surface area (Å²) in [5, 5.41) is 3.13. The molecule has 2 aromatic rings. The van der Waals surface area contributed by atoms with E-state index in [4.69, 9.17) is 20.8 Å². The topological polar surface area (TPSA) is 88.8 Å². The number of Topliss-reactive ketones (excluding diaryl/α,β-unsaturated/α-hetero) is 1. The minimum Gasteiger partial charge on any atom is -0.493 e. The van der Waals surface area contributed by atoms with Gasteiger partial charge in [0.25, 0.3) is 0 Å². The molecule has 7 nitrogen and oxygen atoms in total. The molecule has 1 N–H and O–H groups in total. The van der Waals surface area contributed by atoms with E-state index in [1.54, 1.807) is 24.0 Å². The molecule has 156 valence electrons. The van der Waals surface area contributed by atoms with Crippen molar-refractivity contribution >= 4 is 51.4 Å². The van der Waals surface area contributed by atoms with Crippen LogP contribution in [0.15, 0.2) is 22.6 Å². The second-order valence-electron chi connectivity index (χ2n) is 6.40. The molecular formula is C21H25ClN2O5.